The highest BCUT2D eigenvalue weighted by Crippen LogP contribution is 2.42. The summed E-state index contributed by atoms with van der Waals surface area (Å²) in [5.41, 5.74) is 2.99. The van der Waals surface area contributed by atoms with Crippen LogP contribution in [-0.2, 0) is 33.9 Å². The van der Waals surface area contributed by atoms with Gasteiger partial charge in [-0.25, -0.2) is 13.6 Å². The minimum absolute atomic E-state index is 0.0428. The molecule has 2 aliphatic rings. The Hall–Kier alpha value is -3.78. The molecule has 8 heteroatoms. The first-order chi connectivity index (χ1) is 17.8. The normalized spacial score (nSPS) is 19.4. The summed E-state index contributed by atoms with van der Waals surface area (Å²) in [4.78, 5) is 27.4. The van der Waals surface area contributed by atoms with Crippen LogP contribution in [0.1, 0.15) is 41.2 Å². The van der Waals surface area contributed by atoms with Crippen LogP contribution in [0.3, 0.4) is 0 Å². The summed E-state index contributed by atoms with van der Waals surface area (Å²) in [6.07, 6.45) is -2.82. The van der Waals surface area contributed by atoms with Crippen LogP contribution in [0.5, 0.6) is 5.75 Å². The van der Waals surface area contributed by atoms with Crippen LogP contribution in [0.4, 0.5) is 8.78 Å². The molecule has 1 fully saturated rings. The molecule has 1 aliphatic heterocycles. The first-order valence-corrected chi connectivity index (χ1v) is 12.2. The van der Waals surface area contributed by atoms with Crippen molar-refractivity contribution in [2.75, 3.05) is 0 Å². The van der Waals surface area contributed by atoms with E-state index >= 15 is 0 Å². The van der Waals surface area contributed by atoms with Gasteiger partial charge >= 0.3 is 5.97 Å². The molecular formula is C29H27F2NO5. The van der Waals surface area contributed by atoms with Crippen molar-refractivity contribution in [3.05, 3.63) is 101 Å². The van der Waals surface area contributed by atoms with Gasteiger partial charge in [0.15, 0.2) is 6.10 Å². The molecule has 3 aromatic carbocycles. The first kappa shape index (κ1) is 24.9. The smallest absolute Gasteiger partial charge is 0.326 e. The third-order valence-corrected chi connectivity index (χ3v) is 6.86. The van der Waals surface area contributed by atoms with Gasteiger partial charge in [0.2, 0.25) is 0 Å². The fraction of sp³-hybridized carbons (Fsp3) is 0.310. The average Bonchev–Trinajstić information content (AvgIpc) is 2.89. The topological polar surface area (TPSA) is 76.1 Å². The summed E-state index contributed by atoms with van der Waals surface area (Å²) in [5.74, 6) is -3.94. The molecule has 0 aromatic heterocycles. The van der Waals surface area contributed by atoms with E-state index in [1.165, 1.54) is 4.90 Å². The molecule has 3 aromatic rings. The Balaban J connectivity index is 1.40. The highest BCUT2D eigenvalue weighted by molar-refractivity contribution is 5.88. The maximum atomic E-state index is 13.8. The summed E-state index contributed by atoms with van der Waals surface area (Å²) < 4.78 is 38.8. The Morgan fingerprint density at radius 1 is 0.973 bits per heavy atom. The monoisotopic (exact) mass is 507 g/mol. The van der Waals surface area contributed by atoms with E-state index < -0.39 is 48.9 Å². The van der Waals surface area contributed by atoms with Crippen LogP contribution in [0.15, 0.2) is 78.9 Å². The zero-order valence-electron chi connectivity index (χ0n) is 20.1. The van der Waals surface area contributed by atoms with Crippen molar-refractivity contribution in [3.8, 4) is 5.75 Å². The number of benzene rings is 3. The van der Waals surface area contributed by atoms with E-state index in [1.807, 2.05) is 42.5 Å². The Kier molecular flexibility index (Phi) is 6.93. The lowest BCUT2D eigenvalue weighted by Crippen LogP contribution is -2.51. The Labute approximate surface area is 213 Å². The predicted octanol–water partition coefficient (Wildman–Crippen LogP) is 5.16. The van der Waals surface area contributed by atoms with Crippen LogP contribution < -0.4 is 4.74 Å². The molecule has 1 heterocycles. The molecule has 1 N–H and O–H groups in total. The number of carboxylic acid groups (broad SMARTS) is 1. The molecule has 1 amide bonds. The second-order valence-corrected chi connectivity index (χ2v) is 9.51. The van der Waals surface area contributed by atoms with E-state index in [2.05, 4.69) is 0 Å². The number of ether oxygens (including phenoxy) is 2. The van der Waals surface area contributed by atoms with E-state index in [9.17, 15) is 23.5 Å². The Morgan fingerprint density at radius 2 is 1.65 bits per heavy atom. The summed E-state index contributed by atoms with van der Waals surface area (Å²) >= 11 is 0. The highest BCUT2D eigenvalue weighted by atomic mass is 19.3. The van der Waals surface area contributed by atoms with Crippen molar-refractivity contribution in [3.63, 3.8) is 0 Å². The standard InChI is InChI=1S/C29H27F2NO5/c30-29(31)15-22(16-29)37-26(20-10-5-2-6-11-20)27(33)32-17-21-12-7-13-25(23(21)14-24(32)28(34)35)36-18-19-8-3-1-4-9-19/h1-13,22,24,26H,14-18H2,(H,34,35)/t24-,26+/m1/s1. The van der Waals surface area contributed by atoms with E-state index in [0.717, 1.165) is 16.7 Å². The molecular weight excluding hydrogens is 480 g/mol. The number of hydrogen-bond acceptors (Lipinski definition) is 4. The van der Waals surface area contributed by atoms with Crippen LogP contribution in [-0.4, -0.2) is 40.0 Å². The van der Waals surface area contributed by atoms with Gasteiger partial charge in [-0.1, -0.05) is 72.8 Å². The zero-order chi connectivity index (χ0) is 26.0. The third-order valence-electron chi connectivity index (χ3n) is 6.86. The number of aliphatic carboxylic acids is 1. The van der Waals surface area contributed by atoms with E-state index in [-0.39, 0.29) is 13.0 Å². The number of carbonyl (C=O) groups excluding carboxylic acids is 1. The zero-order valence-corrected chi connectivity index (χ0v) is 20.1. The fourth-order valence-corrected chi connectivity index (χ4v) is 4.86. The van der Waals surface area contributed by atoms with E-state index in [1.54, 1.807) is 36.4 Å². The molecule has 5 rings (SSSR count). The van der Waals surface area contributed by atoms with Crippen molar-refractivity contribution in [1.29, 1.82) is 0 Å². The molecule has 0 spiro atoms. The van der Waals surface area contributed by atoms with Gasteiger partial charge in [-0.05, 0) is 22.8 Å². The van der Waals surface area contributed by atoms with E-state index in [0.29, 0.717) is 17.9 Å². The largest absolute Gasteiger partial charge is 0.489 e. The second kappa shape index (κ2) is 10.3. The number of nitrogens with zero attached hydrogens (tertiary/aromatic N) is 1. The number of amides is 1. The van der Waals surface area contributed by atoms with Crippen molar-refractivity contribution in [2.45, 2.75) is 56.6 Å². The van der Waals surface area contributed by atoms with Gasteiger partial charge in [-0.3, -0.25) is 4.79 Å². The van der Waals surface area contributed by atoms with Gasteiger partial charge in [0.1, 0.15) is 18.4 Å². The molecule has 2 atom stereocenters. The predicted molar refractivity (Wildman–Crippen MR) is 131 cm³/mol. The van der Waals surface area contributed by atoms with Crippen molar-refractivity contribution < 1.29 is 33.0 Å². The number of alkyl halides is 2. The number of halogens is 2. The van der Waals surface area contributed by atoms with Crippen molar-refractivity contribution in [1.82, 2.24) is 4.90 Å². The van der Waals surface area contributed by atoms with Crippen molar-refractivity contribution >= 4 is 11.9 Å². The molecule has 192 valence electrons. The molecule has 0 bridgehead atoms. The molecule has 0 radical (unpaired) electrons. The van der Waals surface area contributed by atoms with Gasteiger partial charge in [0, 0.05) is 31.4 Å². The van der Waals surface area contributed by atoms with Gasteiger partial charge < -0.3 is 19.5 Å². The second-order valence-electron chi connectivity index (χ2n) is 9.51. The van der Waals surface area contributed by atoms with Crippen LogP contribution >= 0.6 is 0 Å². The summed E-state index contributed by atoms with van der Waals surface area (Å²) in [6.45, 7) is 0.370. The molecule has 0 unspecified atom stereocenters. The van der Waals surface area contributed by atoms with Gasteiger partial charge in [-0.2, -0.15) is 0 Å². The molecule has 6 nitrogen and oxygen atoms in total. The SMILES string of the molecule is O=C(O)[C@H]1Cc2c(cccc2OCc2ccccc2)CN1C(=O)[C@@H](OC1CC(F)(F)C1)c1ccccc1. The molecule has 1 saturated carbocycles. The minimum atomic E-state index is -2.81. The van der Waals surface area contributed by atoms with Gasteiger partial charge in [0.25, 0.3) is 11.8 Å². The minimum Gasteiger partial charge on any atom is -0.489 e. The third kappa shape index (κ3) is 5.49. The number of hydrogen-bond donors (Lipinski definition) is 1. The Bertz CT molecular complexity index is 1260. The van der Waals surface area contributed by atoms with Crippen molar-refractivity contribution in [2.24, 2.45) is 0 Å². The van der Waals surface area contributed by atoms with Gasteiger partial charge in [0.05, 0.1) is 6.10 Å². The first-order valence-electron chi connectivity index (χ1n) is 12.2. The summed E-state index contributed by atoms with van der Waals surface area (Å²) in [7, 11) is 0. The average molecular weight is 508 g/mol. The fourth-order valence-electron chi connectivity index (χ4n) is 4.86. The number of fused-ring (bicyclic) bond motifs is 1. The molecule has 1 aliphatic carbocycles. The number of carboxylic acids is 1. The van der Waals surface area contributed by atoms with Crippen LogP contribution in [0.2, 0.25) is 0 Å². The lowest BCUT2D eigenvalue weighted by atomic mass is 9.90. The lowest BCUT2D eigenvalue weighted by Gasteiger charge is -2.40. The maximum Gasteiger partial charge on any atom is 0.326 e. The molecule has 0 saturated heterocycles. The number of carbonyl (C=O) groups is 2. The Morgan fingerprint density at radius 3 is 2.30 bits per heavy atom. The summed E-state index contributed by atoms with van der Waals surface area (Å²) in [5, 5.41) is 10.1. The maximum absolute atomic E-state index is 13.8. The van der Waals surface area contributed by atoms with E-state index in [4.69, 9.17) is 9.47 Å². The lowest BCUT2D eigenvalue weighted by molar-refractivity contribution is -0.193. The van der Waals surface area contributed by atoms with Gasteiger partial charge in [-0.15, -0.1) is 0 Å². The quantitative estimate of drug-likeness (QED) is 0.456. The summed E-state index contributed by atoms with van der Waals surface area (Å²) in [6, 6.07) is 22.5. The number of rotatable bonds is 8. The van der Waals surface area contributed by atoms with Crippen LogP contribution in [0.25, 0.3) is 0 Å². The highest BCUT2D eigenvalue weighted by Gasteiger charge is 2.48. The van der Waals surface area contributed by atoms with Crippen LogP contribution in [0, 0.1) is 0 Å². The molecule has 37 heavy (non-hydrogen) atoms.